The van der Waals surface area contributed by atoms with E-state index in [1.807, 2.05) is 0 Å². The van der Waals surface area contributed by atoms with Gasteiger partial charge in [-0.1, -0.05) is 6.07 Å². The van der Waals surface area contributed by atoms with Crippen LogP contribution < -0.4 is 0 Å². The molecule has 0 bridgehead atoms. The molecule has 1 aromatic rings. The first-order valence-corrected chi connectivity index (χ1v) is 5.13. The van der Waals surface area contributed by atoms with Gasteiger partial charge in [0.05, 0.1) is 24.3 Å². The van der Waals surface area contributed by atoms with Crippen molar-refractivity contribution in [2.24, 2.45) is 0 Å². The molecule has 0 unspecified atom stereocenters. The Balaban J connectivity index is 0.00000256. The van der Waals surface area contributed by atoms with E-state index in [1.165, 1.54) is 6.07 Å². The molecule has 1 aromatic carbocycles. The van der Waals surface area contributed by atoms with Gasteiger partial charge in [0, 0.05) is 0 Å². The molecule has 0 saturated heterocycles. The summed E-state index contributed by atoms with van der Waals surface area (Å²) in [4.78, 5) is 22.8. The average Bonchev–Trinajstić information content (AvgIpc) is 2.30. The first kappa shape index (κ1) is 16.2. The second-order valence-corrected chi connectivity index (χ2v) is 3.02. The zero-order valence-electron chi connectivity index (χ0n) is 9.36. The van der Waals surface area contributed by atoms with Crippen molar-refractivity contribution in [3.05, 3.63) is 35.4 Å². The fourth-order valence-corrected chi connectivity index (χ4v) is 1.20. The van der Waals surface area contributed by atoms with Crippen LogP contribution in [0.5, 0.6) is 0 Å². The monoisotopic (exact) mass is 246 g/mol. The molecule has 0 fully saturated rings. The number of hydrogen-bond donors (Lipinski definition) is 0. The van der Waals surface area contributed by atoms with Crippen LogP contribution >= 0.6 is 0 Å². The Morgan fingerprint density at radius 1 is 1.00 bits per heavy atom. The van der Waals surface area contributed by atoms with Gasteiger partial charge in [-0.25, -0.2) is 9.59 Å². The van der Waals surface area contributed by atoms with E-state index in [0.29, 0.717) is 24.3 Å². The van der Waals surface area contributed by atoms with Crippen LogP contribution in [-0.4, -0.2) is 54.7 Å². The zero-order valence-corrected chi connectivity index (χ0v) is 9.36. The van der Waals surface area contributed by atoms with Gasteiger partial charge in [-0.05, 0) is 32.0 Å². The predicted octanol–water partition coefficient (Wildman–Crippen LogP) is 1.39. The van der Waals surface area contributed by atoms with Crippen molar-refractivity contribution in [3.63, 3.8) is 0 Å². The third-order valence-electron chi connectivity index (χ3n) is 1.88. The van der Waals surface area contributed by atoms with Crippen LogP contribution in [0.1, 0.15) is 34.6 Å². The number of carbonyl (C=O) groups excluding carboxylic acids is 2. The van der Waals surface area contributed by atoms with E-state index >= 15 is 0 Å². The molecule has 0 amide bonds. The van der Waals surface area contributed by atoms with Gasteiger partial charge in [0.15, 0.2) is 0 Å². The standard InChI is InChI=1S/C12H14O4.Na.H/c1-3-15-11(13)9-6-5-7-10(8-9)12(14)16-4-2;;/h5-8H,3-4H2,1-2H3;;. The minimum absolute atomic E-state index is 0. The number of hydrogen-bond acceptors (Lipinski definition) is 4. The van der Waals surface area contributed by atoms with Crippen molar-refractivity contribution in [1.29, 1.82) is 0 Å². The van der Waals surface area contributed by atoms with Crippen LogP contribution in [0.4, 0.5) is 0 Å². The third kappa shape index (κ3) is 4.89. The predicted molar refractivity (Wildman–Crippen MR) is 65.5 cm³/mol. The molecule has 0 aliphatic carbocycles. The molecule has 0 aromatic heterocycles. The molecule has 0 N–H and O–H groups in total. The van der Waals surface area contributed by atoms with E-state index < -0.39 is 11.9 Å². The summed E-state index contributed by atoms with van der Waals surface area (Å²) >= 11 is 0. The van der Waals surface area contributed by atoms with Gasteiger partial charge in [0.25, 0.3) is 0 Å². The van der Waals surface area contributed by atoms with Crippen molar-refractivity contribution in [3.8, 4) is 0 Å². The van der Waals surface area contributed by atoms with Gasteiger partial charge in [-0.15, -0.1) is 0 Å². The first-order valence-electron chi connectivity index (χ1n) is 5.13. The van der Waals surface area contributed by atoms with Gasteiger partial charge in [0.2, 0.25) is 0 Å². The summed E-state index contributed by atoms with van der Waals surface area (Å²) < 4.78 is 9.66. The van der Waals surface area contributed by atoms with Crippen LogP contribution in [0.2, 0.25) is 0 Å². The Hall–Kier alpha value is -0.840. The summed E-state index contributed by atoms with van der Waals surface area (Å²) in [7, 11) is 0. The Morgan fingerprint density at radius 2 is 1.41 bits per heavy atom. The van der Waals surface area contributed by atoms with Crippen LogP contribution in [0.15, 0.2) is 24.3 Å². The Kier molecular flexibility index (Phi) is 7.87. The Bertz CT molecular complexity index is 357. The second-order valence-electron chi connectivity index (χ2n) is 3.02. The molecular weight excluding hydrogens is 231 g/mol. The number of carbonyl (C=O) groups is 2. The minimum atomic E-state index is -0.436. The molecule has 0 aliphatic rings. The fourth-order valence-electron chi connectivity index (χ4n) is 1.20. The Morgan fingerprint density at radius 3 is 1.76 bits per heavy atom. The topological polar surface area (TPSA) is 52.6 Å². The molecule has 0 radical (unpaired) electrons. The molecule has 4 nitrogen and oxygen atoms in total. The van der Waals surface area contributed by atoms with Crippen molar-refractivity contribution in [2.75, 3.05) is 13.2 Å². The molecule has 1 rings (SSSR count). The van der Waals surface area contributed by atoms with Crippen molar-refractivity contribution < 1.29 is 19.1 Å². The van der Waals surface area contributed by atoms with E-state index in [-0.39, 0.29) is 29.6 Å². The van der Waals surface area contributed by atoms with Crippen LogP contribution in [0, 0.1) is 0 Å². The quantitative estimate of drug-likeness (QED) is 0.595. The summed E-state index contributed by atoms with van der Waals surface area (Å²) in [5.41, 5.74) is 0.708. The average molecular weight is 246 g/mol. The molecule has 5 heteroatoms. The molecule has 88 valence electrons. The van der Waals surface area contributed by atoms with E-state index in [4.69, 9.17) is 9.47 Å². The van der Waals surface area contributed by atoms with Crippen molar-refractivity contribution in [1.82, 2.24) is 0 Å². The number of ether oxygens (including phenoxy) is 2. The Labute approximate surface area is 123 Å². The summed E-state index contributed by atoms with van der Waals surface area (Å²) in [5, 5.41) is 0. The molecule has 0 saturated carbocycles. The molecule has 17 heavy (non-hydrogen) atoms. The van der Waals surface area contributed by atoms with Crippen LogP contribution in [-0.2, 0) is 9.47 Å². The van der Waals surface area contributed by atoms with Crippen LogP contribution in [0.3, 0.4) is 0 Å². The van der Waals surface area contributed by atoms with E-state index in [2.05, 4.69) is 0 Å². The van der Waals surface area contributed by atoms with E-state index in [0.717, 1.165) is 0 Å². The van der Waals surface area contributed by atoms with Crippen molar-refractivity contribution >= 4 is 41.5 Å². The van der Waals surface area contributed by atoms with E-state index in [9.17, 15) is 9.59 Å². The SMILES string of the molecule is CCOC(=O)c1cccc(C(=O)OCC)c1.[NaH]. The van der Waals surface area contributed by atoms with E-state index in [1.54, 1.807) is 32.0 Å². The number of benzene rings is 1. The zero-order chi connectivity index (χ0) is 12.0. The van der Waals surface area contributed by atoms with Gasteiger partial charge in [-0.2, -0.15) is 0 Å². The molecule has 0 aliphatic heterocycles. The third-order valence-corrected chi connectivity index (χ3v) is 1.88. The van der Waals surface area contributed by atoms with Gasteiger partial charge >= 0.3 is 41.5 Å². The second kappa shape index (κ2) is 8.28. The van der Waals surface area contributed by atoms with Gasteiger partial charge in [0.1, 0.15) is 0 Å². The number of rotatable bonds is 4. The molecular formula is C12H15NaO4. The van der Waals surface area contributed by atoms with Gasteiger partial charge in [-0.3, -0.25) is 0 Å². The summed E-state index contributed by atoms with van der Waals surface area (Å²) in [5.74, 6) is -0.873. The summed E-state index contributed by atoms with van der Waals surface area (Å²) in [6.07, 6.45) is 0. The maximum atomic E-state index is 11.4. The summed E-state index contributed by atoms with van der Waals surface area (Å²) in [6.45, 7) is 4.07. The molecule has 0 atom stereocenters. The van der Waals surface area contributed by atoms with Gasteiger partial charge < -0.3 is 9.47 Å². The number of esters is 2. The normalized spacial score (nSPS) is 9.06. The van der Waals surface area contributed by atoms with Crippen molar-refractivity contribution in [2.45, 2.75) is 13.8 Å². The molecule has 0 spiro atoms. The van der Waals surface area contributed by atoms with Crippen LogP contribution in [0.25, 0.3) is 0 Å². The summed E-state index contributed by atoms with van der Waals surface area (Å²) in [6, 6.07) is 6.29. The maximum absolute atomic E-state index is 11.4. The first-order chi connectivity index (χ1) is 7.69. The fraction of sp³-hybridized carbons (Fsp3) is 0.333. The molecule has 0 heterocycles.